The molecule has 0 fully saturated rings. The largest absolute Gasteiger partial charge is 0.292 e. The summed E-state index contributed by atoms with van der Waals surface area (Å²) in [4.78, 5) is 10.9. The summed E-state index contributed by atoms with van der Waals surface area (Å²) in [6.07, 6.45) is 3.28. The number of carbonyl (C=O) groups is 1. The van der Waals surface area contributed by atoms with E-state index < -0.39 is 4.87 Å². The minimum absolute atomic E-state index is 0.0592. The van der Waals surface area contributed by atoms with Crippen LogP contribution < -0.4 is 0 Å². The van der Waals surface area contributed by atoms with E-state index in [1.54, 1.807) is 19.1 Å². The van der Waals surface area contributed by atoms with Crippen molar-refractivity contribution < 1.29 is 4.79 Å². The van der Waals surface area contributed by atoms with Crippen molar-refractivity contribution in [2.24, 2.45) is 5.41 Å². The molecule has 0 spiro atoms. The summed E-state index contributed by atoms with van der Waals surface area (Å²) in [5, 5.41) is 0.534. The van der Waals surface area contributed by atoms with Crippen molar-refractivity contribution in [1.82, 2.24) is 0 Å². The Kier molecular flexibility index (Phi) is 2.86. The fourth-order valence-corrected chi connectivity index (χ4v) is 2.06. The van der Waals surface area contributed by atoms with Crippen LogP contribution in [-0.4, -0.2) is 10.7 Å². The molecule has 1 aliphatic rings. The number of ketones is 1. The first-order valence-corrected chi connectivity index (χ1v) is 5.24. The topological polar surface area (TPSA) is 17.1 Å². The van der Waals surface area contributed by atoms with Gasteiger partial charge >= 0.3 is 0 Å². The fourth-order valence-electron chi connectivity index (χ4n) is 1.41. The van der Waals surface area contributed by atoms with Gasteiger partial charge in [-0.2, -0.15) is 0 Å². The van der Waals surface area contributed by atoms with E-state index in [9.17, 15) is 4.79 Å². The average Bonchev–Trinajstić information content (AvgIpc) is 1.97. The SMILES string of the molecule is CC1=CC(Cl)=CC(Cl)(C(C)(C)C)C1=O. The Hall–Kier alpha value is -0.270. The highest BCUT2D eigenvalue weighted by Gasteiger charge is 2.46. The van der Waals surface area contributed by atoms with Crippen molar-refractivity contribution in [3.63, 3.8) is 0 Å². The maximum absolute atomic E-state index is 11.9. The summed E-state index contributed by atoms with van der Waals surface area (Å²) in [6, 6.07) is 0. The minimum Gasteiger partial charge on any atom is -0.292 e. The zero-order valence-corrected chi connectivity index (χ0v) is 10.3. The van der Waals surface area contributed by atoms with Gasteiger partial charge in [-0.15, -0.1) is 11.6 Å². The van der Waals surface area contributed by atoms with Gasteiger partial charge in [0.25, 0.3) is 0 Å². The second-order valence-corrected chi connectivity index (χ2v) is 5.68. The number of hydrogen-bond donors (Lipinski definition) is 0. The van der Waals surface area contributed by atoms with Crippen molar-refractivity contribution in [3.8, 4) is 0 Å². The van der Waals surface area contributed by atoms with E-state index in [2.05, 4.69) is 0 Å². The molecule has 0 N–H and O–H groups in total. The van der Waals surface area contributed by atoms with Crippen LogP contribution >= 0.6 is 23.2 Å². The second kappa shape index (κ2) is 3.39. The average molecular weight is 233 g/mol. The lowest BCUT2D eigenvalue weighted by atomic mass is 9.74. The Morgan fingerprint density at radius 1 is 1.36 bits per heavy atom. The monoisotopic (exact) mass is 232 g/mol. The van der Waals surface area contributed by atoms with Crippen molar-refractivity contribution in [1.29, 1.82) is 0 Å². The molecular formula is C11H14Cl2O. The molecular weight excluding hydrogens is 219 g/mol. The van der Waals surface area contributed by atoms with Gasteiger partial charge in [0.15, 0.2) is 5.78 Å². The molecule has 0 aliphatic heterocycles. The highest BCUT2D eigenvalue weighted by atomic mass is 35.5. The molecule has 0 saturated heterocycles. The summed E-state index contributed by atoms with van der Waals surface area (Å²) in [5.41, 5.74) is 0.267. The van der Waals surface area contributed by atoms with E-state index in [0.29, 0.717) is 10.6 Å². The van der Waals surface area contributed by atoms with E-state index >= 15 is 0 Å². The van der Waals surface area contributed by atoms with Gasteiger partial charge in [0.05, 0.1) is 0 Å². The van der Waals surface area contributed by atoms with Crippen LogP contribution in [0.4, 0.5) is 0 Å². The van der Waals surface area contributed by atoms with E-state index in [-0.39, 0.29) is 11.2 Å². The van der Waals surface area contributed by atoms with Gasteiger partial charge < -0.3 is 0 Å². The number of halogens is 2. The second-order valence-electron chi connectivity index (χ2n) is 4.65. The Morgan fingerprint density at radius 2 is 1.86 bits per heavy atom. The lowest BCUT2D eigenvalue weighted by Crippen LogP contribution is -2.45. The first-order chi connectivity index (χ1) is 6.18. The molecule has 1 nitrogen and oxygen atoms in total. The van der Waals surface area contributed by atoms with Crippen molar-refractivity contribution in [2.45, 2.75) is 32.6 Å². The highest BCUT2D eigenvalue weighted by molar-refractivity contribution is 6.43. The summed E-state index contributed by atoms with van der Waals surface area (Å²) in [6.45, 7) is 7.52. The zero-order chi connectivity index (χ0) is 11.1. The standard InChI is InChI=1S/C11H14Cl2O/c1-7-5-8(12)6-11(13,9(7)14)10(2,3)4/h5-6H,1-4H3. The van der Waals surface area contributed by atoms with Crippen LogP contribution in [0.3, 0.4) is 0 Å². The molecule has 0 saturated carbocycles. The molecule has 0 radical (unpaired) electrons. The summed E-state index contributed by atoms with van der Waals surface area (Å²) in [5.74, 6) is -0.0592. The van der Waals surface area contributed by atoms with Crippen molar-refractivity contribution in [2.75, 3.05) is 0 Å². The third kappa shape index (κ3) is 1.76. The number of alkyl halides is 1. The Balaban J connectivity index is 3.27. The fraction of sp³-hybridized carbons (Fsp3) is 0.545. The molecule has 1 aliphatic carbocycles. The molecule has 78 valence electrons. The number of allylic oxidation sites excluding steroid dienone is 4. The highest BCUT2D eigenvalue weighted by Crippen LogP contribution is 2.43. The summed E-state index contributed by atoms with van der Waals surface area (Å²) in [7, 11) is 0. The Morgan fingerprint density at radius 3 is 2.29 bits per heavy atom. The lowest BCUT2D eigenvalue weighted by Gasteiger charge is -2.37. The van der Waals surface area contributed by atoms with E-state index in [4.69, 9.17) is 23.2 Å². The number of carbonyl (C=O) groups excluding carboxylic acids is 1. The summed E-state index contributed by atoms with van der Waals surface area (Å²) < 4.78 is 0. The molecule has 0 aromatic heterocycles. The molecule has 1 atom stereocenters. The Bertz CT molecular complexity index is 334. The van der Waals surface area contributed by atoms with Crippen LogP contribution in [0, 0.1) is 5.41 Å². The maximum Gasteiger partial charge on any atom is 0.183 e. The predicted molar refractivity (Wildman–Crippen MR) is 60.7 cm³/mol. The minimum atomic E-state index is -1.01. The van der Waals surface area contributed by atoms with E-state index in [0.717, 1.165) is 0 Å². The predicted octanol–water partition coefficient (Wildman–Crippen LogP) is 3.66. The Labute approximate surface area is 94.8 Å². The molecule has 0 aromatic rings. The van der Waals surface area contributed by atoms with Gasteiger partial charge in [0, 0.05) is 5.03 Å². The molecule has 14 heavy (non-hydrogen) atoms. The van der Waals surface area contributed by atoms with Crippen molar-refractivity contribution in [3.05, 3.63) is 22.8 Å². The van der Waals surface area contributed by atoms with Crippen LogP contribution in [0.5, 0.6) is 0 Å². The van der Waals surface area contributed by atoms with Gasteiger partial charge in [-0.05, 0) is 30.1 Å². The van der Waals surface area contributed by atoms with Gasteiger partial charge in [-0.25, -0.2) is 0 Å². The molecule has 0 aromatic carbocycles. The normalized spacial score (nSPS) is 28.6. The molecule has 1 unspecified atom stereocenters. The van der Waals surface area contributed by atoms with Gasteiger partial charge in [0.1, 0.15) is 4.87 Å². The smallest absolute Gasteiger partial charge is 0.183 e. The quantitative estimate of drug-likeness (QED) is 0.583. The first-order valence-electron chi connectivity index (χ1n) is 4.49. The zero-order valence-electron chi connectivity index (χ0n) is 8.82. The third-order valence-corrected chi connectivity index (χ3v) is 3.54. The van der Waals surface area contributed by atoms with Crippen LogP contribution in [0.1, 0.15) is 27.7 Å². The van der Waals surface area contributed by atoms with Crippen LogP contribution in [-0.2, 0) is 4.79 Å². The maximum atomic E-state index is 11.9. The molecule has 1 rings (SSSR count). The number of hydrogen-bond acceptors (Lipinski definition) is 1. The van der Waals surface area contributed by atoms with E-state index in [1.807, 2.05) is 20.8 Å². The van der Waals surface area contributed by atoms with Crippen LogP contribution in [0.25, 0.3) is 0 Å². The molecule has 0 bridgehead atoms. The molecule has 0 heterocycles. The first kappa shape index (κ1) is 11.8. The summed E-state index contributed by atoms with van der Waals surface area (Å²) >= 11 is 12.3. The lowest BCUT2D eigenvalue weighted by molar-refractivity contribution is -0.119. The third-order valence-electron chi connectivity index (χ3n) is 2.47. The molecule has 3 heteroatoms. The van der Waals surface area contributed by atoms with Crippen LogP contribution in [0.2, 0.25) is 0 Å². The van der Waals surface area contributed by atoms with Crippen LogP contribution in [0.15, 0.2) is 22.8 Å². The number of Topliss-reactive ketones (excluding diaryl/α,β-unsaturated/α-hetero) is 1. The van der Waals surface area contributed by atoms with E-state index in [1.165, 1.54) is 0 Å². The number of rotatable bonds is 0. The van der Waals surface area contributed by atoms with Gasteiger partial charge in [-0.3, -0.25) is 4.79 Å². The van der Waals surface area contributed by atoms with Gasteiger partial charge in [-0.1, -0.05) is 32.4 Å². The van der Waals surface area contributed by atoms with Crippen molar-refractivity contribution >= 4 is 29.0 Å². The van der Waals surface area contributed by atoms with Gasteiger partial charge in [0.2, 0.25) is 0 Å². The molecule has 0 amide bonds.